The summed E-state index contributed by atoms with van der Waals surface area (Å²) < 4.78 is 19.9. The van der Waals surface area contributed by atoms with E-state index in [0.29, 0.717) is 5.56 Å². The molecule has 1 aliphatic carbocycles. The molecule has 2 aromatic rings. The quantitative estimate of drug-likeness (QED) is 0.498. The Hall–Kier alpha value is -1.49. The minimum atomic E-state index is -1.40. The van der Waals surface area contributed by atoms with E-state index in [1.165, 1.54) is 4.90 Å². The molecule has 4 aliphatic rings. The number of piperazine rings is 1. The van der Waals surface area contributed by atoms with Crippen LogP contribution in [0.4, 0.5) is 9.52 Å². The van der Waals surface area contributed by atoms with Gasteiger partial charge in [0.25, 0.3) is 5.91 Å². The Morgan fingerprint density at radius 3 is 2.35 bits per heavy atom. The van der Waals surface area contributed by atoms with Gasteiger partial charge in [-0.05, 0) is 37.9 Å². The van der Waals surface area contributed by atoms with E-state index in [9.17, 15) is 18.8 Å². The largest absolute Gasteiger partial charge is 0.365 e. The molecular weight excluding hydrogens is 650 g/mol. The number of benzene rings is 1. The maximum absolute atomic E-state index is 14.6. The van der Waals surface area contributed by atoms with Gasteiger partial charge >= 0.3 is 0 Å². The van der Waals surface area contributed by atoms with Gasteiger partial charge in [-0.2, -0.15) is 54.0 Å². The molecule has 43 heavy (non-hydrogen) atoms. The Morgan fingerprint density at radius 2 is 1.70 bits per heavy atom. The van der Waals surface area contributed by atoms with Gasteiger partial charge in [-0.1, -0.05) is 25.0 Å². The third kappa shape index (κ3) is 7.85. The molecular formula is C28H42FN5O4S5. The van der Waals surface area contributed by atoms with Crippen LogP contribution in [0.1, 0.15) is 36.0 Å². The molecule has 2 amide bonds. The van der Waals surface area contributed by atoms with Gasteiger partial charge in [-0.25, -0.2) is 9.37 Å². The highest BCUT2D eigenvalue weighted by Crippen LogP contribution is 2.34. The number of likely N-dealkylation sites (N-methyl/N-ethyl adjacent to an activating group) is 1. The van der Waals surface area contributed by atoms with Crippen molar-refractivity contribution in [1.29, 1.82) is 0 Å². The first-order valence-electron chi connectivity index (χ1n) is 13.8. The number of nitrogens with zero attached hydrogens (tertiary/aromatic N) is 4. The van der Waals surface area contributed by atoms with Crippen molar-refractivity contribution in [1.82, 2.24) is 20.1 Å². The summed E-state index contributed by atoms with van der Waals surface area (Å²) in [6, 6.07) is 5.53. The number of hydrogen-bond donors (Lipinski definition) is 1. The molecule has 6 rings (SSSR count). The number of alkyl halides is 1. The molecule has 0 radical (unpaired) electrons. The van der Waals surface area contributed by atoms with Crippen LogP contribution in [0.15, 0.2) is 29.6 Å². The van der Waals surface area contributed by atoms with Crippen molar-refractivity contribution in [3.05, 3.63) is 35.2 Å². The van der Waals surface area contributed by atoms with Crippen LogP contribution in [0.5, 0.6) is 0 Å². The molecule has 1 aromatic carbocycles. The number of ether oxygens (including phenoxy) is 1. The lowest BCUT2D eigenvalue weighted by atomic mass is 9.95. The third-order valence-corrected chi connectivity index (χ3v) is 9.44. The van der Waals surface area contributed by atoms with E-state index in [-0.39, 0.29) is 90.6 Å². The normalized spacial score (nSPS) is 24.2. The molecule has 15 heteroatoms. The average Bonchev–Trinajstić information content (AvgIpc) is 3.75. The highest BCUT2D eigenvalue weighted by atomic mass is 32.1. The molecule has 0 spiro atoms. The lowest BCUT2D eigenvalue weighted by Crippen LogP contribution is -2.54. The maximum Gasteiger partial charge on any atom is 0.251 e. The molecule has 4 fully saturated rings. The summed E-state index contributed by atoms with van der Waals surface area (Å²) in [5.41, 5.74) is 2.23. The molecule has 240 valence electrons. The summed E-state index contributed by atoms with van der Waals surface area (Å²) in [6.45, 7) is 3.57. The molecule has 1 saturated carbocycles. The number of rotatable bonds is 6. The molecule has 0 unspecified atom stereocenters. The lowest BCUT2D eigenvalue weighted by Gasteiger charge is -2.32. The van der Waals surface area contributed by atoms with Gasteiger partial charge in [-0.3, -0.25) is 14.4 Å². The monoisotopic (exact) mass is 691 g/mol. The van der Waals surface area contributed by atoms with Crippen LogP contribution in [-0.4, -0.2) is 103 Å². The Kier molecular flexibility index (Phi) is 14.2. The number of Topliss-reactive ketones (excluding diaryl/α,β-unsaturated/α-hetero) is 1. The second-order valence-corrected chi connectivity index (χ2v) is 11.9. The van der Waals surface area contributed by atoms with E-state index < -0.39 is 24.4 Å². The minimum absolute atomic E-state index is 0. The molecule has 9 nitrogen and oxygen atoms in total. The predicted octanol–water partition coefficient (Wildman–Crippen LogP) is 2.82. The first-order chi connectivity index (χ1) is 18.9. The minimum Gasteiger partial charge on any atom is -0.365 e. The first kappa shape index (κ1) is 37.7. The van der Waals surface area contributed by atoms with Crippen molar-refractivity contribution in [2.45, 2.75) is 50.0 Å². The lowest BCUT2D eigenvalue weighted by molar-refractivity contribution is -0.139. The molecule has 1 aromatic heterocycles. The standard InChI is InChI=1S/C28H34FN5O4S.4H2S/c1-32-10-12-33(13-11-32)28-30-21(16-39-28)17-6-8-19(9-7-17)26(36)31-23(18-4-2-3-5-18)27(37)34-14-20(29)25-24(34)22(35)15-38-25;;;;/h6-9,16,18,20,23-25H,2-5,10-15H2,1H3,(H,31,36);4*1H2/t20-,23+,24-,25-;;;;/m1..../s1. The van der Waals surface area contributed by atoms with Crippen molar-refractivity contribution >= 4 is 88.0 Å². The molecule has 4 heterocycles. The van der Waals surface area contributed by atoms with Crippen LogP contribution in [0.2, 0.25) is 0 Å². The van der Waals surface area contributed by atoms with Crippen LogP contribution in [0.3, 0.4) is 0 Å². The summed E-state index contributed by atoms with van der Waals surface area (Å²) >= 11 is 1.62. The number of halogens is 1. The van der Waals surface area contributed by atoms with Crippen LogP contribution in [0, 0.1) is 5.92 Å². The van der Waals surface area contributed by atoms with Crippen molar-refractivity contribution in [2.24, 2.45) is 5.92 Å². The summed E-state index contributed by atoms with van der Waals surface area (Å²) in [5.74, 6) is -1.07. The fourth-order valence-electron chi connectivity index (χ4n) is 6.23. The number of ketones is 1. The summed E-state index contributed by atoms with van der Waals surface area (Å²) in [7, 11) is 2.13. The van der Waals surface area contributed by atoms with Gasteiger partial charge in [-0.15, -0.1) is 11.3 Å². The molecule has 3 aliphatic heterocycles. The Balaban J connectivity index is 0.00000161. The zero-order valence-electron chi connectivity index (χ0n) is 24.1. The maximum atomic E-state index is 14.6. The van der Waals surface area contributed by atoms with Gasteiger partial charge in [0.15, 0.2) is 10.9 Å². The summed E-state index contributed by atoms with van der Waals surface area (Å²) in [4.78, 5) is 50.1. The van der Waals surface area contributed by atoms with Gasteiger partial charge in [0, 0.05) is 42.7 Å². The predicted molar refractivity (Wildman–Crippen MR) is 187 cm³/mol. The van der Waals surface area contributed by atoms with Crippen LogP contribution >= 0.6 is 65.3 Å². The van der Waals surface area contributed by atoms with Gasteiger partial charge in [0.2, 0.25) is 5.91 Å². The Morgan fingerprint density at radius 1 is 1.05 bits per heavy atom. The SMILES string of the molecule is CN1CCN(c2nc(-c3ccc(C(=O)N[C@H](C(=O)N4C[C@@H](F)[C@H]5OCC(=O)[C@H]54)C4CCCC4)cc3)cs2)CC1.S.S.S.S. The molecule has 1 N–H and O–H groups in total. The highest BCUT2D eigenvalue weighted by Gasteiger charge is 2.54. The Bertz CT molecular complexity index is 1240. The van der Waals surface area contributed by atoms with Gasteiger partial charge < -0.3 is 24.8 Å². The molecule has 0 bridgehead atoms. The fourth-order valence-corrected chi connectivity index (χ4v) is 7.12. The van der Waals surface area contributed by atoms with E-state index in [1.807, 2.05) is 17.5 Å². The van der Waals surface area contributed by atoms with Crippen LogP contribution in [-0.2, 0) is 14.3 Å². The van der Waals surface area contributed by atoms with Crippen LogP contribution in [0.25, 0.3) is 11.3 Å². The number of amides is 2. The second-order valence-electron chi connectivity index (χ2n) is 11.1. The Labute approximate surface area is 284 Å². The van der Waals surface area contributed by atoms with Crippen molar-refractivity contribution in [2.75, 3.05) is 51.3 Å². The van der Waals surface area contributed by atoms with E-state index >= 15 is 0 Å². The molecule has 4 atom stereocenters. The highest BCUT2D eigenvalue weighted by molar-refractivity contribution is 7.59. The van der Waals surface area contributed by atoms with Gasteiger partial charge in [0.05, 0.1) is 12.2 Å². The smallest absolute Gasteiger partial charge is 0.251 e. The first-order valence-corrected chi connectivity index (χ1v) is 14.7. The van der Waals surface area contributed by atoms with Crippen LogP contribution < -0.4 is 10.2 Å². The number of aromatic nitrogens is 1. The number of carbonyl (C=O) groups excluding carboxylic acids is 3. The zero-order valence-corrected chi connectivity index (χ0v) is 28.9. The number of carbonyl (C=O) groups is 3. The van der Waals surface area contributed by atoms with Gasteiger partial charge in [0.1, 0.15) is 31.0 Å². The third-order valence-electron chi connectivity index (χ3n) is 8.54. The van der Waals surface area contributed by atoms with E-state index in [2.05, 4.69) is 22.2 Å². The number of anilines is 1. The number of hydrogen-bond acceptors (Lipinski definition) is 8. The second kappa shape index (κ2) is 16.2. The number of fused-ring (bicyclic) bond motifs is 1. The summed E-state index contributed by atoms with van der Waals surface area (Å²) in [5, 5.41) is 5.98. The molecule has 3 saturated heterocycles. The number of nitrogens with one attached hydrogen (secondary N) is 1. The summed E-state index contributed by atoms with van der Waals surface area (Å²) in [6.07, 6.45) is 1.25. The fraction of sp³-hybridized carbons (Fsp3) is 0.571. The van der Waals surface area contributed by atoms with Crippen molar-refractivity contribution < 1.29 is 23.5 Å². The van der Waals surface area contributed by atoms with E-state index in [0.717, 1.165) is 68.3 Å². The topological polar surface area (TPSA) is 95.1 Å². The van der Waals surface area contributed by atoms with Crippen molar-refractivity contribution in [3.8, 4) is 11.3 Å². The average molecular weight is 692 g/mol. The van der Waals surface area contributed by atoms with E-state index in [1.54, 1.807) is 23.5 Å². The zero-order chi connectivity index (χ0) is 27.1. The number of likely N-dealkylation sites (tertiary alicyclic amines) is 1. The van der Waals surface area contributed by atoms with E-state index in [4.69, 9.17) is 9.72 Å². The van der Waals surface area contributed by atoms with Crippen molar-refractivity contribution in [3.63, 3.8) is 0 Å². The number of thiazole rings is 1.